The SMILES string of the molecule is CCOc1ccc([C@H]2C3=C(CC(C)(C)CC3=O)Nc3nc(-c4cccc(Cl)c4)nn32)cc1. The van der Waals surface area contributed by atoms with E-state index in [1.807, 2.05) is 60.1 Å². The normalized spacial score (nSPS) is 19.2. The smallest absolute Gasteiger partial charge is 0.226 e. The molecule has 1 aliphatic heterocycles. The average molecular weight is 449 g/mol. The highest BCUT2D eigenvalue weighted by molar-refractivity contribution is 6.30. The Labute approximate surface area is 192 Å². The lowest BCUT2D eigenvalue weighted by Gasteiger charge is -2.38. The second-order valence-corrected chi connectivity index (χ2v) is 9.51. The molecule has 2 aromatic carbocycles. The molecule has 0 saturated heterocycles. The Morgan fingerprint density at radius 3 is 2.69 bits per heavy atom. The van der Waals surface area contributed by atoms with Crippen LogP contribution < -0.4 is 10.1 Å². The van der Waals surface area contributed by atoms with Gasteiger partial charge in [-0.1, -0.05) is 49.7 Å². The fourth-order valence-electron chi connectivity index (χ4n) is 4.58. The van der Waals surface area contributed by atoms with Crippen LogP contribution in [-0.4, -0.2) is 27.2 Å². The first-order valence-corrected chi connectivity index (χ1v) is 11.2. The van der Waals surface area contributed by atoms with Crippen LogP contribution in [0.15, 0.2) is 59.8 Å². The van der Waals surface area contributed by atoms with Crippen molar-refractivity contribution in [1.29, 1.82) is 0 Å². The van der Waals surface area contributed by atoms with Crippen LogP contribution in [0.1, 0.15) is 45.2 Å². The van der Waals surface area contributed by atoms with Gasteiger partial charge in [-0.2, -0.15) is 4.98 Å². The van der Waals surface area contributed by atoms with E-state index in [1.165, 1.54) is 0 Å². The number of nitrogens with one attached hydrogen (secondary N) is 1. The lowest BCUT2D eigenvalue weighted by Crippen LogP contribution is -2.36. The summed E-state index contributed by atoms with van der Waals surface area (Å²) in [4.78, 5) is 18.1. The van der Waals surface area contributed by atoms with Crippen LogP contribution in [0, 0.1) is 5.41 Å². The number of allylic oxidation sites excluding steroid dienone is 2. The van der Waals surface area contributed by atoms with Crippen molar-refractivity contribution in [1.82, 2.24) is 14.8 Å². The second kappa shape index (κ2) is 7.78. The molecule has 0 radical (unpaired) electrons. The molecule has 0 fully saturated rings. The second-order valence-electron chi connectivity index (χ2n) is 9.08. The van der Waals surface area contributed by atoms with Crippen LogP contribution in [0.4, 0.5) is 5.95 Å². The fourth-order valence-corrected chi connectivity index (χ4v) is 4.77. The topological polar surface area (TPSA) is 69.0 Å². The Morgan fingerprint density at radius 1 is 1.19 bits per heavy atom. The molecule has 3 aromatic rings. The van der Waals surface area contributed by atoms with Gasteiger partial charge in [0, 0.05) is 28.3 Å². The van der Waals surface area contributed by atoms with Gasteiger partial charge in [-0.05, 0) is 48.6 Å². The predicted molar refractivity (Wildman–Crippen MR) is 125 cm³/mol. The van der Waals surface area contributed by atoms with Crippen LogP contribution in [-0.2, 0) is 4.79 Å². The molecular weight excluding hydrogens is 424 g/mol. The summed E-state index contributed by atoms with van der Waals surface area (Å²) < 4.78 is 7.43. The average Bonchev–Trinajstić information content (AvgIpc) is 3.16. The number of nitrogens with zero attached hydrogens (tertiary/aromatic N) is 3. The summed E-state index contributed by atoms with van der Waals surface area (Å²) >= 11 is 6.19. The number of rotatable bonds is 4. The number of hydrogen-bond donors (Lipinski definition) is 1. The van der Waals surface area contributed by atoms with Crippen molar-refractivity contribution in [2.75, 3.05) is 11.9 Å². The highest BCUT2D eigenvalue weighted by Crippen LogP contribution is 2.45. The van der Waals surface area contributed by atoms with Gasteiger partial charge < -0.3 is 10.1 Å². The van der Waals surface area contributed by atoms with Crippen LogP contribution >= 0.6 is 11.6 Å². The third-order valence-electron chi connectivity index (χ3n) is 5.92. The van der Waals surface area contributed by atoms with E-state index in [1.54, 1.807) is 0 Å². The number of halogens is 1. The van der Waals surface area contributed by atoms with E-state index in [9.17, 15) is 4.79 Å². The first-order valence-electron chi connectivity index (χ1n) is 10.8. The van der Waals surface area contributed by atoms with E-state index in [2.05, 4.69) is 19.2 Å². The molecule has 0 amide bonds. The lowest BCUT2D eigenvalue weighted by atomic mass is 9.73. The Balaban J connectivity index is 1.64. The monoisotopic (exact) mass is 448 g/mol. The molecule has 7 heteroatoms. The molecule has 1 aliphatic carbocycles. The third kappa shape index (κ3) is 3.69. The van der Waals surface area contributed by atoms with Gasteiger partial charge >= 0.3 is 0 Å². The van der Waals surface area contributed by atoms with Gasteiger partial charge in [-0.3, -0.25) is 4.79 Å². The summed E-state index contributed by atoms with van der Waals surface area (Å²) in [5, 5.41) is 8.84. The van der Waals surface area contributed by atoms with Crippen molar-refractivity contribution in [2.45, 2.75) is 39.7 Å². The van der Waals surface area contributed by atoms with E-state index in [0.717, 1.165) is 34.6 Å². The van der Waals surface area contributed by atoms with Gasteiger partial charge in [-0.25, -0.2) is 4.68 Å². The van der Waals surface area contributed by atoms with Crippen molar-refractivity contribution < 1.29 is 9.53 Å². The lowest BCUT2D eigenvalue weighted by molar-refractivity contribution is -0.118. The molecule has 32 heavy (non-hydrogen) atoms. The summed E-state index contributed by atoms with van der Waals surface area (Å²) in [7, 11) is 0. The quantitative estimate of drug-likeness (QED) is 0.558. The number of ketones is 1. The fraction of sp³-hybridized carbons (Fsp3) is 0.320. The van der Waals surface area contributed by atoms with Crippen LogP contribution in [0.3, 0.4) is 0 Å². The van der Waals surface area contributed by atoms with E-state index >= 15 is 0 Å². The third-order valence-corrected chi connectivity index (χ3v) is 6.16. The molecule has 6 nitrogen and oxygen atoms in total. The van der Waals surface area contributed by atoms with Crippen LogP contribution in [0.5, 0.6) is 5.75 Å². The zero-order valence-electron chi connectivity index (χ0n) is 18.4. The van der Waals surface area contributed by atoms with Crippen LogP contribution in [0.2, 0.25) is 5.02 Å². The minimum absolute atomic E-state index is 0.107. The Bertz CT molecular complexity index is 1230. The number of Topliss-reactive ketones (excluding diaryl/α,β-unsaturated/α-hetero) is 1. The summed E-state index contributed by atoms with van der Waals surface area (Å²) in [5.74, 6) is 2.14. The van der Waals surface area contributed by atoms with Gasteiger partial charge in [0.1, 0.15) is 11.8 Å². The zero-order chi connectivity index (χ0) is 22.5. The molecule has 0 bridgehead atoms. The maximum Gasteiger partial charge on any atom is 0.226 e. The van der Waals surface area contributed by atoms with E-state index in [0.29, 0.717) is 29.8 Å². The van der Waals surface area contributed by atoms with Crippen molar-refractivity contribution in [2.24, 2.45) is 5.41 Å². The van der Waals surface area contributed by atoms with E-state index in [4.69, 9.17) is 26.4 Å². The zero-order valence-corrected chi connectivity index (χ0v) is 19.1. The molecule has 2 aliphatic rings. The van der Waals surface area contributed by atoms with Gasteiger partial charge in [0.15, 0.2) is 11.6 Å². The number of fused-ring (bicyclic) bond motifs is 1. The maximum absolute atomic E-state index is 13.3. The minimum atomic E-state index is -0.346. The summed E-state index contributed by atoms with van der Waals surface area (Å²) in [6.45, 7) is 6.81. The Hall–Kier alpha value is -3.12. The molecule has 1 N–H and O–H groups in total. The van der Waals surface area contributed by atoms with Gasteiger partial charge in [0.2, 0.25) is 5.95 Å². The standard InChI is InChI=1S/C25H25ClN4O2/c1-4-32-18-10-8-15(9-11-18)22-21-19(13-25(2,3)14-20(21)31)27-24-28-23(29-30(22)24)16-6-5-7-17(26)12-16/h5-12,22H,4,13-14H2,1-3H3,(H,27,28,29)/t22-/m0/s1. The van der Waals surface area contributed by atoms with Gasteiger partial charge in [0.25, 0.3) is 0 Å². The first-order chi connectivity index (χ1) is 15.3. The van der Waals surface area contributed by atoms with Crippen molar-refractivity contribution >= 4 is 23.3 Å². The highest BCUT2D eigenvalue weighted by atomic mass is 35.5. The molecule has 0 spiro atoms. The largest absolute Gasteiger partial charge is 0.494 e. The maximum atomic E-state index is 13.3. The summed E-state index contributed by atoms with van der Waals surface area (Å²) in [6.07, 6.45) is 1.28. The molecular formula is C25H25ClN4O2. The number of hydrogen-bond acceptors (Lipinski definition) is 5. The molecule has 5 rings (SSSR count). The van der Waals surface area contributed by atoms with Crippen molar-refractivity contribution in [3.8, 4) is 17.1 Å². The molecule has 0 unspecified atom stereocenters. The number of aromatic nitrogens is 3. The molecule has 1 aromatic heterocycles. The summed E-state index contributed by atoms with van der Waals surface area (Å²) in [6, 6.07) is 15.0. The minimum Gasteiger partial charge on any atom is -0.494 e. The van der Waals surface area contributed by atoms with E-state index < -0.39 is 0 Å². The molecule has 0 saturated carbocycles. The van der Waals surface area contributed by atoms with Crippen LogP contribution in [0.25, 0.3) is 11.4 Å². The molecule has 2 heterocycles. The van der Waals surface area contributed by atoms with Crippen molar-refractivity contribution in [3.05, 3.63) is 70.4 Å². The number of benzene rings is 2. The van der Waals surface area contributed by atoms with Crippen molar-refractivity contribution in [3.63, 3.8) is 0 Å². The number of ether oxygens (including phenoxy) is 1. The number of carbonyl (C=O) groups is 1. The molecule has 1 atom stereocenters. The number of anilines is 1. The van der Waals surface area contributed by atoms with E-state index in [-0.39, 0.29) is 17.2 Å². The molecule has 164 valence electrons. The van der Waals surface area contributed by atoms with Gasteiger partial charge in [0.05, 0.1) is 6.61 Å². The predicted octanol–water partition coefficient (Wildman–Crippen LogP) is 5.66. The Kier molecular flexibility index (Phi) is 5.05. The summed E-state index contributed by atoms with van der Waals surface area (Å²) in [5.41, 5.74) is 3.39. The Morgan fingerprint density at radius 2 is 1.97 bits per heavy atom. The van der Waals surface area contributed by atoms with Gasteiger partial charge in [-0.15, -0.1) is 5.10 Å². The number of carbonyl (C=O) groups excluding carboxylic acids is 1. The highest BCUT2D eigenvalue weighted by Gasteiger charge is 2.41. The first kappa shape index (κ1) is 20.8.